The van der Waals surface area contributed by atoms with Crippen LogP contribution in [0.15, 0.2) is 30.4 Å². The molecule has 0 fully saturated rings. The molecule has 4 heteroatoms. The van der Waals surface area contributed by atoms with Crippen molar-refractivity contribution in [3.8, 4) is 5.75 Å². The highest BCUT2D eigenvalue weighted by molar-refractivity contribution is 6.42. The van der Waals surface area contributed by atoms with Crippen LogP contribution in [-0.4, -0.2) is 5.97 Å². The molecule has 0 aliphatic carbocycles. The maximum atomic E-state index is 11.0. The van der Waals surface area contributed by atoms with Gasteiger partial charge in [0.15, 0.2) is 0 Å². The molecule has 0 bridgehead atoms. The summed E-state index contributed by atoms with van der Waals surface area (Å²) in [7, 11) is 0. The van der Waals surface area contributed by atoms with Crippen molar-refractivity contribution in [3.05, 3.63) is 40.4 Å². The van der Waals surface area contributed by atoms with Crippen molar-refractivity contribution >= 4 is 29.2 Å². The van der Waals surface area contributed by atoms with Gasteiger partial charge in [0.25, 0.3) is 0 Å². The molecule has 14 heavy (non-hydrogen) atoms. The zero-order valence-corrected chi connectivity index (χ0v) is 8.97. The molecule has 0 aliphatic rings. The third-order valence-corrected chi connectivity index (χ3v) is 2.15. The highest BCUT2D eigenvalue weighted by atomic mass is 35.5. The van der Waals surface area contributed by atoms with Crippen LogP contribution in [0.5, 0.6) is 5.75 Å². The van der Waals surface area contributed by atoms with Crippen molar-refractivity contribution in [1.82, 2.24) is 0 Å². The molecule has 1 aromatic carbocycles. The lowest BCUT2D eigenvalue weighted by molar-refractivity contribution is -0.128. The van der Waals surface area contributed by atoms with Crippen LogP contribution in [-0.2, 0) is 4.79 Å². The fourth-order valence-electron chi connectivity index (χ4n) is 0.827. The topological polar surface area (TPSA) is 26.3 Å². The lowest BCUT2D eigenvalue weighted by atomic mass is 10.3. The minimum Gasteiger partial charge on any atom is -0.423 e. The zero-order chi connectivity index (χ0) is 10.6. The van der Waals surface area contributed by atoms with Crippen LogP contribution in [0.2, 0.25) is 10.0 Å². The molecule has 0 aliphatic heterocycles. The summed E-state index contributed by atoms with van der Waals surface area (Å²) in [6.07, 6.45) is 2.92. The number of ether oxygens (including phenoxy) is 1. The largest absolute Gasteiger partial charge is 0.423 e. The van der Waals surface area contributed by atoms with E-state index in [-0.39, 0.29) is 0 Å². The van der Waals surface area contributed by atoms with Crippen molar-refractivity contribution in [2.45, 2.75) is 6.92 Å². The molecule has 2 nitrogen and oxygen atoms in total. The van der Waals surface area contributed by atoms with Gasteiger partial charge in [0.1, 0.15) is 5.75 Å². The average molecular weight is 231 g/mol. The number of hydrogen-bond donors (Lipinski definition) is 0. The molecule has 0 saturated heterocycles. The number of allylic oxidation sites excluding steroid dienone is 1. The van der Waals surface area contributed by atoms with E-state index in [0.717, 1.165) is 0 Å². The summed E-state index contributed by atoms with van der Waals surface area (Å²) in [5, 5.41) is 0.787. The number of benzene rings is 1. The van der Waals surface area contributed by atoms with Gasteiger partial charge in [0.2, 0.25) is 0 Å². The van der Waals surface area contributed by atoms with E-state index in [9.17, 15) is 4.79 Å². The van der Waals surface area contributed by atoms with Crippen molar-refractivity contribution in [3.63, 3.8) is 0 Å². The smallest absolute Gasteiger partial charge is 0.335 e. The average Bonchev–Trinajstić information content (AvgIpc) is 2.12. The van der Waals surface area contributed by atoms with E-state index in [1.165, 1.54) is 12.1 Å². The van der Waals surface area contributed by atoms with Gasteiger partial charge in [-0.3, -0.25) is 0 Å². The summed E-state index contributed by atoms with van der Waals surface area (Å²) in [5.74, 6) is -0.0617. The summed E-state index contributed by atoms with van der Waals surface area (Å²) >= 11 is 11.4. The van der Waals surface area contributed by atoms with Crippen molar-refractivity contribution in [1.29, 1.82) is 0 Å². The summed E-state index contributed by atoms with van der Waals surface area (Å²) in [6, 6.07) is 4.64. The van der Waals surface area contributed by atoms with Crippen LogP contribution in [0.25, 0.3) is 0 Å². The summed E-state index contributed by atoms with van der Waals surface area (Å²) in [6.45, 7) is 1.73. The van der Waals surface area contributed by atoms with E-state index in [0.29, 0.717) is 15.8 Å². The third-order valence-electron chi connectivity index (χ3n) is 1.41. The molecule has 0 radical (unpaired) electrons. The van der Waals surface area contributed by atoms with Crippen LogP contribution in [0.4, 0.5) is 0 Å². The number of hydrogen-bond acceptors (Lipinski definition) is 2. The van der Waals surface area contributed by atoms with Gasteiger partial charge in [-0.15, -0.1) is 0 Å². The first-order valence-electron chi connectivity index (χ1n) is 3.93. The minimum absolute atomic E-state index is 0.359. The normalized spacial score (nSPS) is 10.5. The fourth-order valence-corrected chi connectivity index (χ4v) is 1.11. The van der Waals surface area contributed by atoms with Gasteiger partial charge in [-0.1, -0.05) is 29.3 Å². The number of carbonyl (C=O) groups is 1. The van der Waals surface area contributed by atoms with Crippen molar-refractivity contribution in [2.24, 2.45) is 0 Å². The van der Waals surface area contributed by atoms with Gasteiger partial charge in [-0.25, -0.2) is 4.79 Å². The molecule has 0 aromatic heterocycles. The first kappa shape index (κ1) is 11.1. The van der Waals surface area contributed by atoms with Gasteiger partial charge in [-0.2, -0.15) is 0 Å². The Hall–Kier alpha value is -0.990. The molecular weight excluding hydrogens is 223 g/mol. The Morgan fingerprint density at radius 3 is 2.64 bits per heavy atom. The summed E-state index contributed by atoms with van der Waals surface area (Å²) in [5.41, 5.74) is 0. The molecule has 0 spiro atoms. The highest BCUT2D eigenvalue weighted by Crippen LogP contribution is 2.26. The second kappa shape index (κ2) is 5.03. The van der Waals surface area contributed by atoms with Crippen LogP contribution in [0, 0.1) is 0 Å². The Morgan fingerprint density at radius 1 is 1.36 bits per heavy atom. The second-order valence-electron chi connectivity index (χ2n) is 2.50. The Kier molecular flexibility index (Phi) is 3.98. The molecule has 0 saturated carbocycles. The molecular formula is C10H8Cl2O2. The third kappa shape index (κ3) is 3.05. The van der Waals surface area contributed by atoms with Crippen molar-refractivity contribution in [2.75, 3.05) is 0 Å². The molecule has 0 N–H and O–H groups in total. The van der Waals surface area contributed by atoms with Crippen LogP contribution >= 0.6 is 23.2 Å². The first-order valence-corrected chi connectivity index (χ1v) is 4.68. The number of halogens is 2. The quantitative estimate of drug-likeness (QED) is 0.442. The lowest BCUT2D eigenvalue weighted by Crippen LogP contribution is -2.03. The van der Waals surface area contributed by atoms with E-state index >= 15 is 0 Å². The van der Waals surface area contributed by atoms with Crippen molar-refractivity contribution < 1.29 is 9.53 Å². The molecule has 0 amide bonds. The van der Waals surface area contributed by atoms with Gasteiger partial charge in [-0.05, 0) is 19.1 Å². The SMILES string of the molecule is C/C=C/C(=O)Oc1ccc(Cl)c(Cl)c1. The Morgan fingerprint density at radius 2 is 2.07 bits per heavy atom. The first-order chi connectivity index (χ1) is 6.63. The maximum Gasteiger partial charge on any atom is 0.335 e. The lowest BCUT2D eigenvalue weighted by Gasteiger charge is -2.02. The molecule has 1 aromatic rings. The Balaban J connectivity index is 2.78. The monoisotopic (exact) mass is 230 g/mol. The van der Waals surface area contributed by atoms with E-state index in [4.69, 9.17) is 27.9 Å². The van der Waals surface area contributed by atoms with Gasteiger partial charge in [0.05, 0.1) is 10.0 Å². The predicted octanol–water partition coefficient (Wildman–Crippen LogP) is 3.47. The van der Waals surface area contributed by atoms with E-state index in [1.807, 2.05) is 0 Å². The predicted molar refractivity (Wildman–Crippen MR) is 56.9 cm³/mol. The standard InChI is InChI=1S/C10H8Cl2O2/c1-2-3-10(13)14-7-4-5-8(11)9(12)6-7/h2-6H,1H3/b3-2+. The van der Waals surface area contributed by atoms with Crippen LogP contribution in [0.1, 0.15) is 6.92 Å². The number of rotatable bonds is 2. The highest BCUT2D eigenvalue weighted by Gasteiger charge is 2.03. The van der Waals surface area contributed by atoms with Gasteiger partial charge >= 0.3 is 5.97 Å². The Labute approximate surface area is 92.1 Å². The number of esters is 1. The fraction of sp³-hybridized carbons (Fsp3) is 0.100. The molecule has 74 valence electrons. The van der Waals surface area contributed by atoms with E-state index < -0.39 is 5.97 Å². The van der Waals surface area contributed by atoms with Crippen LogP contribution in [0.3, 0.4) is 0 Å². The molecule has 1 rings (SSSR count). The summed E-state index contributed by atoms with van der Waals surface area (Å²) in [4.78, 5) is 11.0. The summed E-state index contributed by atoms with van der Waals surface area (Å²) < 4.78 is 4.92. The maximum absolute atomic E-state index is 11.0. The molecule has 0 unspecified atom stereocenters. The van der Waals surface area contributed by atoms with Crippen LogP contribution < -0.4 is 4.74 Å². The van der Waals surface area contributed by atoms with Gasteiger partial charge < -0.3 is 4.74 Å². The zero-order valence-electron chi connectivity index (χ0n) is 7.46. The van der Waals surface area contributed by atoms with E-state index in [2.05, 4.69) is 0 Å². The minimum atomic E-state index is -0.439. The number of carbonyl (C=O) groups excluding carboxylic acids is 1. The molecule has 0 heterocycles. The second-order valence-corrected chi connectivity index (χ2v) is 3.31. The Bertz CT molecular complexity index is 372. The molecule has 0 atom stereocenters. The van der Waals surface area contributed by atoms with E-state index in [1.54, 1.807) is 25.1 Å². The van der Waals surface area contributed by atoms with Gasteiger partial charge in [0, 0.05) is 12.1 Å².